The molecule has 3 fully saturated rings. The van der Waals surface area contributed by atoms with Gasteiger partial charge in [0.25, 0.3) is 0 Å². The lowest BCUT2D eigenvalue weighted by Gasteiger charge is -2.51. The average Bonchev–Trinajstić information content (AvgIpc) is 2.70. The molecule has 0 spiro atoms. The molecule has 5 unspecified atom stereocenters. The van der Waals surface area contributed by atoms with E-state index >= 15 is 0 Å². The first-order chi connectivity index (χ1) is 13.5. The zero-order valence-electron chi connectivity index (χ0n) is 17.7. The quantitative estimate of drug-likeness (QED) is 0.442. The van der Waals surface area contributed by atoms with Crippen LogP contribution in [-0.4, -0.2) is 23.3 Å². The Bertz CT molecular complexity index is 608. The minimum Gasteiger partial charge on any atom is -0.365 e. The minimum atomic E-state index is -0.870. The molecule has 0 aliphatic heterocycles. The molecule has 1 aromatic rings. The average molecular weight is 403 g/mol. The van der Waals surface area contributed by atoms with Crippen molar-refractivity contribution in [1.82, 2.24) is 0 Å². The van der Waals surface area contributed by atoms with E-state index < -0.39 is 5.79 Å². The molecule has 2 nitrogen and oxygen atoms in total. The Hall–Kier alpha value is -0.510. The van der Waals surface area contributed by atoms with Crippen molar-refractivity contribution in [3.05, 3.63) is 30.3 Å². The number of fused-ring (bicyclic) bond motifs is 2. The number of rotatable bonds is 6. The second-order valence-electron chi connectivity index (χ2n) is 10.1. The minimum absolute atomic E-state index is 0.280. The lowest BCUT2D eigenvalue weighted by atomic mass is 9.62. The molecule has 156 valence electrons. The lowest BCUT2D eigenvalue weighted by Crippen LogP contribution is -2.54. The normalized spacial score (nSPS) is 41.0. The molecule has 1 aromatic carbocycles. The summed E-state index contributed by atoms with van der Waals surface area (Å²) in [6, 6.07) is 10.8. The van der Waals surface area contributed by atoms with Gasteiger partial charge >= 0.3 is 0 Å². The Morgan fingerprint density at radius 1 is 0.964 bits per heavy atom. The summed E-state index contributed by atoms with van der Waals surface area (Å²) in [6.07, 6.45) is 9.94. The summed E-state index contributed by atoms with van der Waals surface area (Å²) in [7, 11) is 0. The van der Waals surface area contributed by atoms with Crippen LogP contribution in [0.3, 0.4) is 0 Å². The van der Waals surface area contributed by atoms with Crippen LogP contribution in [0.2, 0.25) is 0 Å². The van der Waals surface area contributed by atoms with Crippen molar-refractivity contribution < 1.29 is 9.84 Å². The fourth-order valence-electron chi connectivity index (χ4n) is 6.15. The number of hydrogen-bond acceptors (Lipinski definition) is 3. The van der Waals surface area contributed by atoms with Crippen LogP contribution >= 0.6 is 11.8 Å². The van der Waals surface area contributed by atoms with Gasteiger partial charge < -0.3 is 9.84 Å². The van der Waals surface area contributed by atoms with Gasteiger partial charge in [0.1, 0.15) is 0 Å². The van der Waals surface area contributed by atoms with Gasteiger partial charge in [-0.2, -0.15) is 0 Å². The molecular formula is C25H38O2S. The van der Waals surface area contributed by atoms with Gasteiger partial charge in [-0.1, -0.05) is 32.0 Å². The molecule has 28 heavy (non-hydrogen) atoms. The van der Waals surface area contributed by atoms with Crippen molar-refractivity contribution >= 4 is 11.8 Å². The van der Waals surface area contributed by atoms with Crippen molar-refractivity contribution in [2.45, 2.75) is 75.9 Å². The van der Waals surface area contributed by atoms with Crippen molar-refractivity contribution in [2.24, 2.45) is 35.5 Å². The molecule has 0 heterocycles. The first kappa shape index (κ1) is 20.8. The molecule has 3 heteroatoms. The van der Waals surface area contributed by atoms with Crippen LogP contribution < -0.4 is 0 Å². The smallest absolute Gasteiger partial charge is 0.170 e. The molecule has 0 aromatic heterocycles. The molecule has 0 radical (unpaired) electrons. The third-order valence-corrected chi connectivity index (χ3v) is 9.01. The van der Waals surface area contributed by atoms with E-state index in [9.17, 15) is 5.11 Å². The van der Waals surface area contributed by atoms with Crippen molar-refractivity contribution in [1.29, 1.82) is 0 Å². The Morgan fingerprint density at radius 2 is 1.68 bits per heavy atom. The maximum atomic E-state index is 11.4. The second-order valence-corrected chi connectivity index (χ2v) is 11.2. The summed E-state index contributed by atoms with van der Waals surface area (Å²) < 4.78 is 6.37. The van der Waals surface area contributed by atoms with Gasteiger partial charge in [0.2, 0.25) is 0 Å². The van der Waals surface area contributed by atoms with E-state index in [1.807, 2.05) is 11.8 Å². The van der Waals surface area contributed by atoms with Crippen LogP contribution in [0.15, 0.2) is 35.2 Å². The van der Waals surface area contributed by atoms with Crippen LogP contribution in [-0.2, 0) is 4.74 Å². The highest BCUT2D eigenvalue weighted by molar-refractivity contribution is 7.99. The predicted octanol–water partition coefficient (Wildman–Crippen LogP) is 6.38. The summed E-state index contributed by atoms with van der Waals surface area (Å²) >= 11 is 2.00. The maximum absolute atomic E-state index is 11.4. The highest BCUT2D eigenvalue weighted by Crippen LogP contribution is 2.50. The van der Waals surface area contributed by atoms with E-state index in [4.69, 9.17) is 4.74 Å². The van der Waals surface area contributed by atoms with Gasteiger partial charge in [-0.05, 0) is 87.2 Å². The highest BCUT2D eigenvalue weighted by Gasteiger charge is 2.50. The van der Waals surface area contributed by atoms with Gasteiger partial charge in [0, 0.05) is 22.5 Å². The van der Waals surface area contributed by atoms with E-state index in [2.05, 4.69) is 44.2 Å². The Morgan fingerprint density at radius 3 is 2.43 bits per heavy atom. The van der Waals surface area contributed by atoms with Crippen molar-refractivity contribution in [2.75, 3.05) is 12.4 Å². The number of thioether (sulfide) groups is 1. The predicted molar refractivity (Wildman–Crippen MR) is 117 cm³/mol. The van der Waals surface area contributed by atoms with Gasteiger partial charge in [-0.3, -0.25) is 0 Å². The van der Waals surface area contributed by atoms with E-state index in [1.54, 1.807) is 0 Å². The monoisotopic (exact) mass is 402 g/mol. The van der Waals surface area contributed by atoms with Gasteiger partial charge in [-0.15, -0.1) is 11.8 Å². The highest BCUT2D eigenvalue weighted by atomic mass is 32.2. The van der Waals surface area contributed by atoms with E-state index in [1.165, 1.54) is 49.2 Å². The maximum Gasteiger partial charge on any atom is 0.170 e. The fraction of sp³-hybridized carbons (Fsp3) is 0.760. The summed E-state index contributed by atoms with van der Waals surface area (Å²) in [5.74, 6) is 4.01. The molecule has 3 aliphatic carbocycles. The second kappa shape index (κ2) is 9.10. The van der Waals surface area contributed by atoms with Gasteiger partial charge in [0.05, 0.1) is 6.61 Å². The number of aliphatic hydroxyl groups is 1. The van der Waals surface area contributed by atoms with Crippen molar-refractivity contribution in [3.63, 3.8) is 0 Å². The Labute approximate surface area is 175 Å². The third-order valence-electron chi connectivity index (χ3n) is 7.76. The van der Waals surface area contributed by atoms with E-state index in [0.717, 1.165) is 37.2 Å². The molecule has 3 saturated carbocycles. The first-order valence-corrected chi connectivity index (χ1v) is 12.6. The zero-order valence-corrected chi connectivity index (χ0v) is 18.5. The zero-order chi connectivity index (χ0) is 19.6. The molecule has 4 rings (SSSR count). The number of ether oxygens (including phenoxy) is 1. The summed E-state index contributed by atoms with van der Waals surface area (Å²) in [5.41, 5.74) is 0. The SMILES string of the molecule is CC1CC2CC(C)C(O)(OCC3CCC(CSc4ccccc4)CC3)C(C1)C2. The third kappa shape index (κ3) is 4.79. The molecule has 0 saturated heterocycles. The largest absolute Gasteiger partial charge is 0.365 e. The molecule has 0 amide bonds. The van der Waals surface area contributed by atoms with Gasteiger partial charge in [0.15, 0.2) is 5.79 Å². The topological polar surface area (TPSA) is 29.5 Å². The Kier molecular flexibility index (Phi) is 6.74. The summed E-state index contributed by atoms with van der Waals surface area (Å²) in [6.45, 7) is 5.33. The van der Waals surface area contributed by atoms with E-state index in [-0.39, 0.29) is 5.92 Å². The molecular weight excluding hydrogens is 364 g/mol. The molecule has 2 bridgehead atoms. The van der Waals surface area contributed by atoms with E-state index in [0.29, 0.717) is 11.8 Å². The van der Waals surface area contributed by atoms with Crippen LogP contribution in [0.25, 0.3) is 0 Å². The van der Waals surface area contributed by atoms with Crippen LogP contribution in [0.4, 0.5) is 0 Å². The molecule has 1 N–H and O–H groups in total. The molecule has 3 aliphatic rings. The standard InChI is InChI=1S/C25H38O2S/c1-18-12-22-14-19(2)25(26,23(13-18)15-22)27-16-20-8-10-21(11-9-20)17-28-24-6-4-3-5-7-24/h3-7,18-23,26H,8-17H2,1-2H3. The van der Waals surface area contributed by atoms with Crippen LogP contribution in [0.5, 0.6) is 0 Å². The van der Waals surface area contributed by atoms with Crippen LogP contribution in [0, 0.1) is 35.5 Å². The fourth-order valence-corrected chi connectivity index (χ4v) is 7.27. The molecule has 5 atom stereocenters. The Balaban J connectivity index is 1.22. The first-order valence-electron chi connectivity index (χ1n) is 11.6. The van der Waals surface area contributed by atoms with Crippen LogP contribution in [0.1, 0.15) is 65.2 Å². The van der Waals surface area contributed by atoms with Crippen molar-refractivity contribution in [3.8, 4) is 0 Å². The van der Waals surface area contributed by atoms with Gasteiger partial charge in [-0.25, -0.2) is 0 Å². The number of hydrogen-bond donors (Lipinski definition) is 1. The lowest BCUT2D eigenvalue weighted by molar-refractivity contribution is -0.297. The summed E-state index contributed by atoms with van der Waals surface area (Å²) in [4.78, 5) is 1.39. The summed E-state index contributed by atoms with van der Waals surface area (Å²) in [5, 5.41) is 11.4. The number of benzene rings is 1.